The number of benzene rings is 2. The molecular weight excluding hydrogens is 302 g/mol. The Morgan fingerprint density at radius 3 is 2.25 bits per heavy atom. The van der Waals surface area contributed by atoms with Crippen molar-refractivity contribution in [2.24, 2.45) is 0 Å². The van der Waals surface area contributed by atoms with Crippen molar-refractivity contribution in [3.05, 3.63) is 65.7 Å². The summed E-state index contributed by atoms with van der Waals surface area (Å²) in [6, 6.07) is 16.2. The quantitative estimate of drug-likeness (QED) is 0.887. The van der Waals surface area contributed by atoms with Crippen LogP contribution in [0, 0.1) is 0 Å². The lowest BCUT2D eigenvalue weighted by atomic mass is 9.84. The van der Waals surface area contributed by atoms with Gasteiger partial charge in [0, 0.05) is 19.5 Å². The number of phenolic OH excluding ortho intramolecular Hbond substituents is 1. The third kappa shape index (κ3) is 3.83. The van der Waals surface area contributed by atoms with Crippen LogP contribution in [0.5, 0.6) is 5.75 Å². The number of nitrogens with zero attached hydrogens (tertiary/aromatic N) is 1. The van der Waals surface area contributed by atoms with Gasteiger partial charge in [-0.05, 0) is 36.1 Å². The number of aromatic hydroxyl groups is 1. The third-order valence-electron chi connectivity index (χ3n) is 4.79. The summed E-state index contributed by atoms with van der Waals surface area (Å²) in [5.74, 6) is 0.180. The highest BCUT2D eigenvalue weighted by molar-refractivity contribution is 5.62. The average Bonchev–Trinajstić information content (AvgIpc) is 2.60. The standard InChI is InChI=1S/C20H22NO3/c22-15-19(17-6-8-18(23)9-7-17)21-12-10-20(24,11-13-21)14-16-4-2-1-3-5-16/h1-9,19,23-24H,10-14H2. The first-order chi connectivity index (χ1) is 11.6. The molecule has 0 amide bonds. The first kappa shape index (κ1) is 16.7. The second-order valence-electron chi connectivity index (χ2n) is 6.53. The summed E-state index contributed by atoms with van der Waals surface area (Å²) < 4.78 is 0. The van der Waals surface area contributed by atoms with Gasteiger partial charge in [0.1, 0.15) is 11.8 Å². The molecule has 4 heteroatoms. The lowest BCUT2D eigenvalue weighted by Gasteiger charge is -2.40. The largest absolute Gasteiger partial charge is 0.508 e. The van der Waals surface area contributed by atoms with Crippen LogP contribution in [0.1, 0.15) is 30.0 Å². The third-order valence-corrected chi connectivity index (χ3v) is 4.79. The first-order valence-electron chi connectivity index (χ1n) is 8.27. The predicted octanol–water partition coefficient (Wildman–Crippen LogP) is 2.61. The van der Waals surface area contributed by atoms with Crippen molar-refractivity contribution in [2.75, 3.05) is 13.1 Å². The van der Waals surface area contributed by atoms with Crippen LogP contribution in [0.4, 0.5) is 0 Å². The Bertz CT molecular complexity index is 661. The molecule has 1 aliphatic rings. The van der Waals surface area contributed by atoms with Gasteiger partial charge >= 0.3 is 0 Å². The molecule has 0 aliphatic carbocycles. The summed E-state index contributed by atoms with van der Waals surface area (Å²) in [5.41, 5.74) is 1.22. The van der Waals surface area contributed by atoms with Crippen molar-refractivity contribution in [2.45, 2.75) is 30.9 Å². The smallest absolute Gasteiger partial charge is 0.222 e. The van der Waals surface area contributed by atoms with E-state index < -0.39 is 11.6 Å². The molecule has 3 rings (SSSR count). The van der Waals surface area contributed by atoms with Crippen molar-refractivity contribution >= 4 is 6.29 Å². The lowest BCUT2D eigenvalue weighted by Crippen LogP contribution is -2.47. The van der Waals surface area contributed by atoms with Gasteiger partial charge in [-0.2, -0.15) is 0 Å². The van der Waals surface area contributed by atoms with E-state index in [1.54, 1.807) is 24.3 Å². The summed E-state index contributed by atoms with van der Waals surface area (Å²) >= 11 is 0. The van der Waals surface area contributed by atoms with Crippen LogP contribution in [-0.2, 0) is 11.2 Å². The molecule has 0 bridgehead atoms. The van der Waals surface area contributed by atoms with Crippen molar-refractivity contribution in [1.29, 1.82) is 0 Å². The SMILES string of the molecule is O=[C]C(c1ccc(O)cc1)N1CCC(O)(Cc2ccccc2)CC1. The summed E-state index contributed by atoms with van der Waals surface area (Å²) in [4.78, 5) is 13.5. The van der Waals surface area contributed by atoms with E-state index in [9.17, 15) is 15.0 Å². The zero-order valence-electron chi connectivity index (χ0n) is 13.6. The van der Waals surface area contributed by atoms with Gasteiger partial charge < -0.3 is 10.2 Å². The van der Waals surface area contributed by atoms with Gasteiger partial charge in [0.05, 0.1) is 5.60 Å². The number of aliphatic hydroxyl groups is 1. The second kappa shape index (κ2) is 7.16. The average molecular weight is 324 g/mol. The Labute approximate surface area is 142 Å². The molecule has 1 radical (unpaired) electrons. The Hall–Kier alpha value is -2.17. The second-order valence-corrected chi connectivity index (χ2v) is 6.53. The molecule has 0 spiro atoms. The summed E-state index contributed by atoms with van der Waals surface area (Å²) in [6.45, 7) is 1.29. The Balaban J connectivity index is 1.65. The van der Waals surface area contributed by atoms with Crippen molar-refractivity contribution in [3.63, 3.8) is 0 Å². The number of rotatable bonds is 5. The van der Waals surface area contributed by atoms with E-state index >= 15 is 0 Å². The molecule has 125 valence electrons. The molecule has 2 N–H and O–H groups in total. The van der Waals surface area contributed by atoms with Crippen LogP contribution in [0.15, 0.2) is 54.6 Å². The first-order valence-corrected chi connectivity index (χ1v) is 8.27. The summed E-state index contributed by atoms with van der Waals surface area (Å²) in [6.07, 6.45) is 3.98. The molecule has 2 aromatic rings. The van der Waals surface area contributed by atoms with Gasteiger partial charge in [-0.3, -0.25) is 9.69 Å². The van der Waals surface area contributed by atoms with E-state index in [0.29, 0.717) is 32.4 Å². The van der Waals surface area contributed by atoms with E-state index in [-0.39, 0.29) is 5.75 Å². The molecule has 4 nitrogen and oxygen atoms in total. The molecule has 1 unspecified atom stereocenters. The number of hydrogen-bond donors (Lipinski definition) is 2. The van der Waals surface area contributed by atoms with Crippen LogP contribution in [0.25, 0.3) is 0 Å². The zero-order valence-corrected chi connectivity index (χ0v) is 13.6. The van der Waals surface area contributed by atoms with Gasteiger partial charge in [-0.25, -0.2) is 0 Å². The molecule has 1 aliphatic heterocycles. The van der Waals surface area contributed by atoms with Crippen molar-refractivity contribution in [1.82, 2.24) is 4.90 Å². The van der Waals surface area contributed by atoms with Gasteiger partial charge in [-0.15, -0.1) is 0 Å². The van der Waals surface area contributed by atoms with Gasteiger partial charge in [0.25, 0.3) is 0 Å². The van der Waals surface area contributed by atoms with E-state index in [1.807, 2.05) is 35.2 Å². The molecule has 1 heterocycles. The van der Waals surface area contributed by atoms with Crippen LogP contribution >= 0.6 is 0 Å². The van der Waals surface area contributed by atoms with Gasteiger partial charge in [0.2, 0.25) is 6.29 Å². The molecule has 0 saturated carbocycles. The van der Waals surface area contributed by atoms with E-state index in [1.165, 1.54) is 0 Å². The molecule has 0 aromatic heterocycles. The number of piperidine rings is 1. The minimum atomic E-state index is -0.722. The van der Waals surface area contributed by atoms with Crippen LogP contribution in [-0.4, -0.2) is 40.1 Å². The predicted molar refractivity (Wildman–Crippen MR) is 92.4 cm³/mol. The van der Waals surface area contributed by atoms with E-state index in [0.717, 1.165) is 11.1 Å². The van der Waals surface area contributed by atoms with Crippen molar-refractivity contribution in [3.8, 4) is 5.75 Å². The number of likely N-dealkylation sites (tertiary alicyclic amines) is 1. The fourth-order valence-corrected chi connectivity index (χ4v) is 3.36. The highest BCUT2D eigenvalue weighted by Gasteiger charge is 2.35. The maximum absolute atomic E-state index is 11.5. The minimum absolute atomic E-state index is 0.180. The maximum Gasteiger partial charge on any atom is 0.222 e. The molecule has 1 fully saturated rings. The highest BCUT2D eigenvalue weighted by atomic mass is 16.3. The number of hydrogen-bond acceptors (Lipinski definition) is 4. The minimum Gasteiger partial charge on any atom is -0.508 e. The van der Waals surface area contributed by atoms with Crippen LogP contribution < -0.4 is 0 Å². The fourth-order valence-electron chi connectivity index (χ4n) is 3.36. The number of carbonyl (C=O) groups excluding carboxylic acids is 1. The lowest BCUT2D eigenvalue weighted by molar-refractivity contribution is -0.0251. The monoisotopic (exact) mass is 324 g/mol. The van der Waals surface area contributed by atoms with Crippen LogP contribution in [0.3, 0.4) is 0 Å². The summed E-state index contributed by atoms with van der Waals surface area (Å²) in [5, 5.41) is 20.2. The van der Waals surface area contributed by atoms with Gasteiger partial charge in [0.15, 0.2) is 0 Å². The highest BCUT2D eigenvalue weighted by Crippen LogP contribution is 2.31. The normalized spacial score (nSPS) is 18.9. The number of phenols is 1. The van der Waals surface area contributed by atoms with E-state index in [2.05, 4.69) is 6.29 Å². The molecule has 24 heavy (non-hydrogen) atoms. The summed E-state index contributed by atoms with van der Waals surface area (Å²) in [7, 11) is 0. The van der Waals surface area contributed by atoms with E-state index in [4.69, 9.17) is 0 Å². The molecule has 2 aromatic carbocycles. The molecule has 1 saturated heterocycles. The fraction of sp³-hybridized carbons (Fsp3) is 0.350. The molecular formula is C20H22NO3. The topological polar surface area (TPSA) is 60.8 Å². The van der Waals surface area contributed by atoms with Crippen LogP contribution in [0.2, 0.25) is 0 Å². The molecule has 1 atom stereocenters. The Morgan fingerprint density at radius 2 is 1.67 bits per heavy atom. The zero-order chi connectivity index (χ0) is 17.0. The van der Waals surface area contributed by atoms with Gasteiger partial charge in [-0.1, -0.05) is 42.5 Å². The maximum atomic E-state index is 11.5. The Kier molecular flexibility index (Phi) is 4.97. The Morgan fingerprint density at radius 1 is 1.04 bits per heavy atom. The van der Waals surface area contributed by atoms with Crippen molar-refractivity contribution < 1.29 is 15.0 Å².